The van der Waals surface area contributed by atoms with E-state index in [4.69, 9.17) is 4.42 Å². The summed E-state index contributed by atoms with van der Waals surface area (Å²) < 4.78 is 6.28. The topological polar surface area (TPSA) is 175 Å². The number of phenolic OH excluding ortho intramolecular Hbond substituents is 8. The molecule has 9 aromatic rings. The third-order valence-corrected chi connectivity index (χ3v) is 9.48. The van der Waals surface area contributed by atoms with Gasteiger partial charge in [0.25, 0.3) is 0 Å². The van der Waals surface area contributed by atoms with Crippen LogP contribution in [0.15, 0.2) is 101 Å². The average molecular weight is 649 g/mol. The second-order valence-electron chi connectivity index (χ2n) is 12.0. The van der Waals surface area contributed by atoms with Crippen molar-refractivity contribution in [2.45, 2.75) is 0 Å². The van der Waals surface area contributed by atoms with E-state index in [2.05, 4.69) is 0 Å². The van der Waals surface area contributed by atoms with E-state index in [0.29, 0.717) is 38.5 Å². The molecule has 0 aliphatic carbocycles. The van der Waals surface area contributed by atoms with Crippen LogP contribution in [0.25, 0.3) is 87.3 Å². The monoisotopic (exact) mass is 648 g/mol. The van der Waals surface area contributed by atoms with Gasteiger partial charge in [0.1, 0.15) is 11.2 Å². The summed E-state index contributed by atoms with van der Waals surface area (Å²) in [6.45, 7) is 0. The first-order valence-corrected chi connectivity index (χ1v) is 15.2. The van der Waals surface area contributed by atoms with Gasteiger partial charge in [-0.2, -0.15) is 0 Å². The quantitative estimate of drug-likeness (QED) is 0.0516. The van der Waals surface area contributed by atoms with E-state index >= 15 is 0 Å². The van der Waals surface area contributed by atoms with E-state index in [0.717, 1.165) is 16.2 Å². The van der Waals surface area contributed by atoms with Crippen molar-refractivity contribution in [2.24, 2.45) is 0 Å². The van der Waals surface area contributed by atoms with Crippen molar-refractivity contribution in [3.63, 3.8) is 0 Å². The van der Waals surface area contributed by atoms with Gasteiger partial charge >= 0.3 is 0 Å². The molecule has 9 rings (SSSR count). The number of furan rings is 1. The van der Waals surface area contributed by atoms with Crippen LogP contribution in [0.3, 0.4) is 0 Å². The first-order valence-electron chi connectivity index (χ1n) is 15.2. The van der Waals surface area contributed by atoms with E-state index in [1.165, 1.54) is 0 Å². The maximum atomic E-state index is 11.7. The molecule has 1 heterocycles. The molecule has 0 aliphatic heterocycles. The first-order chi connectivity index (χ1) is 23.7. The molecule has 0 spiro atoms. The van der Waals surface area contributed by atoms with Gasteiger partial charge in [0.05, 0.1) is 0 Å². The largest absolute Gasteiger partial charge is 0.504 e. The molecule has 0 bridgehead atoms. The van der Waals surface area contributed by atoms with Crippen LogP contribution < -0.4 is 0 Å². The molecule has 9 nitrogen and oxygen atoms in total. The number of hydrogen-bond donors (Lipinski definition) is 8. The highest BCUT2D eigenvalue weighted by atomic mass is 16.4. The average Bonchev–Trinajstić information content (AvgIpc) is 3.49. The van der Waals surface area contributed by atoms with Gasteiger partial charge in [-0.3, -0.25) is 0 Å². The molecule has 9 heteroatoms. The van der Waals surface area contributed by atoms with Crippen molar-refractivity contribution < 1.29 is 45.3 Å². The third kappa shape index (κ3) is 3.63. The van der Waals surface area contributed by atoms with Gasteiger partial charge < -0.3 is 45.3 Å². The Morgan fingerprint density at radius 2 is 0.776 bits per heavy atom. The van der Waals surface area contributed by atoms with Crippen LogP contribution in [0.2, 0.25) is 0 Å². The van der Waals surface area contributed by atoms with Crippen molar-refractivity contribution in [1.82, 2.24) is 0 Å². The minimum absolute atomic E-state index is 0.00743. The van der Waals surface area contributed by atoms with Crippen LogP contribution in [0.5, 0.6) is 46.0 Å². The molecule has 0 amide bonds. The molecule has 0 saturated heterocycles. The number of rotatable bonds is 2. The molecule has 1 aromatic heterocycles. The summed E-state index contributed by atoms with van der Waals surface area (Å²) in [4.78, 5) is 0. The Bertz CT molecular complexity index is 2840. The smallest absolute Gasteiger partial charge is 0.204 e. The van der Waals surface area contributed by atoms with Crippen molar-refractivity contribution >= 4 is 65.0 Å². The van der Waals surface area contributed by atoms with E-state index in [9.17, 15) is 40.9 Å². The van der Waals surface area contributed by atoms with Crippen molar-refractivity contribution in [1.29, 1.82) is 0 Å². The van der Waals surface area contributed by atoms with Crippen LogP contribution in [0, 0.1) is 0 Å². The molecule has 0 atom stereocenters. The predicted molar refractivity (Wildman–Crippen MR) is 188 cm³/mol. The van der Waals surface area contributed by atoms with Gasteiger partial charge in [0, 0.05) is 43.4 Å². The summed E-state index contributed by atoms with van der Waals surface area (Å²) in [5, 5.41) is 94.1. The third-order valence-electron chi connectivity index (χ3n) is 9.48. The summed E-state index contributed by atoms with van der Waals surface area (Å²) in [6.07, 6.45) is 0. The molecule has 49 heavy (non-hydrogen) atoms. The summed E-state index contributed by atoms with van der Waals surface area (Å²) >= 11 is 0. The van der Waals surface area contributed by atoms with E-state index in [1.54, 1.807) is 42.5 Å². The second-order valence-corrected chi connectivity index (χ2v) is 12.0. The van der Waals surface area contributed by atoms with Crippen molar-refractivity contribution in [2.75, 3.05) is 0 Å². The second kappa shape index (κ2) is 9.76. The zero-order chi connectivity index (χ0) is 33.9. The van der Waals surface area contributed by atoms with Gasteiger partial charge in [-0.25, -0.2) is 0 Å². The van der Waals surface area contributed by atoms with Crippen LogP contribution in [-0.4, -0.2) is 40.9 Å². The lowest BCUT2D eigenvalue weighted by molar-refractivity contribution is 0.350. The lowest BCUT2D eigenvalue weighted by Crippen LogP contribution is -1.95. The number of benzene rings is 8. The fraction of sp³-hybridized carbons (Fsp3) is 0. The first kappa shape index (κ1) is 28.2. The molecular weight excluding hydrogens is 624 g/mol. The van der Waals surface area contributed by atoms with Crippen LogP contribution >= 0.6 is 0 Å². The standard InChI is InChI=1S/C40H24O9/c41-33-29-27(21-12-5-10-17-7-3-4-11-20(17)21)30-32(36(44)40(48)38(46)34(30)42)28(31(29)35(43)39(47)37(33)45)22-13-6-14-24-26(22)23-15-18-8-1-2-9-19(18)16-25(23)49-24/h1-16,41-48H. The maximum absolute atomic E-state index is 11.7. The Hall–Kier alpha value is -7.00. The number of phenols is 8. The molecule has 0 aliphatic rings. The minimum atomic E-state index is -1.03. The van der Waals surface area contributed by atoms with Crippen LogP contribution in [-0.2, 0) is 0 Å². The van der Waals surface area contributed by atoms with Gasteiger partial charge in [-0.1, -0.05) is 78.9 Å². The summed E-state index contributed by atoms with van der Waals surface area (Å²) in [5.41, 5.74) is 1.58. The number of aromatic hydroxyl groups is 8. The Labute approximate surface area is 275 Å². The molecule has 0 unspecified atom stereocenters. The van der Waals surface area contributed by atoms with E-state index in [-0.39, 0.29) is 32.7 Å². The summed E-state index contributed by atoms with van der Waals surface area (Å²) in [6, 6.07) is 29.0. The zero-order valence-corrected chi connectivity index (χ0v) is 25.2. The molecule has 8 aromatic carbocycles. The maximum Gasteiger partial charge on any atom is 0.204 e. The minimum Gasteiger partial charge on any atom is -0.504 e. The lowest BCUT2D eigenvalue weighted by atomic mass is 9.82. The Morgan fingerprint density at radius 1 is 0.327 bits per heavy atom. The Kier molecular flexibility index (Phi) is 5.62. The molecule has 238 valence electrons. The number of fused-ring (bicyclic) bond motifs is 7. The van der Waals surface area contributed by atoms with Crippen LogP contribution in [0.4, 0.5) is 0 Å². The zero-order valence-electron chi connectivity index (χ0n) is 25.2. The molecule has 0 radical (unpaired) electrons. The van der Waals surface area contributed by atoms with Crippen molar-refractivity contribution in [3.05, 3.63) is 97.1 Å². The van der Waals surface area contributed by atoms with Gasteiger partial charge in [0.15, 0.2) is 23.0 Å². The van der Waals surface area contributed by atoms with Gasteiger partial charge in [-0.05, 0) is 50.9 Å². The fourth-order valence-corrected chi connectivity index (χ4v) is 7.32. The molecule has 0 fully saturated rings. The van der Waals surface area contributed by atoms with Crippen molar-refractivity contribution in [3.8, 4) is 68.2 Å². The highest BCUT2D eigenvalue weighted by molar-refractivity contribution is 6.32. The van der Waals surface area contributed by atoms with E-state index < -0.39 is 46.0 Å². The summed E-state index contributed by atoms with van der Waals surface area (Å²) in [5.74, 6) is -7.47. The van der Waals surface area contributed by atoms with Gasteiger partial charge in [-0.15, -0.1) is 0 Å². The molecule has 8 N–H and O–H groups in total. The van der Waals surface area contributed by atoms with E-state index in [1.807, 2.05) is 54.6 Å². The van der Waals surface area contributed by atoms with Gasteiger partial charge in [0.2, 0.25) is 23.0 Å². The predicted octanol–water partition coefficient (Wildman–Crippen LogP) is 9.18. The van der Waals surface area contributed by atoms with Crippen LogP contribution in [0.1, 0.15) is 0 Å². The lowest BCUT2D eigenvalue weighted by Gasteiger charge is -2.23. The normalized spacial score (nSPS) is 11.9. The fourth-order valence-electron chi connectivity index (χ4n) is 7.32. The highest BCUT2D eigenvalue weighted by Gasteiger charge is 2.33. The molecule has 0 saturated carbocycles. The SMILES string of the molecule is Oc1c(O)c(O)c2c(-c3cccc4oc5cc6ccccc6cc5c34)c3c(O)c(O)c(O)c(O)c3c(-c3cccc4ccccc34)c2c1O. The highest BCUT2D eigenvalue weighted by Crippen LogP contribution is 2.62. The molecular formula is C40H24O9. The Balaban J connectivity index is 1.61. The number of hydrogen-bond acceptors (Lipinski definition) is 9. The summed E-state index contributed by atoms with van der Waals surface area (Å²) in [7, 11) is 0. The Morgan fingerprint density at radius 3 is 1.37 bits per heavy atom.